The number of para-hydroxylation sites is 1. The average Bonchev–Trinajstić information content (AvgIpc) is 2.69. The second-order valence-electron chi connectivity index (χ2n) is 6.08. The minimum atomic E-state index is -0.488. The van der Waals surface area contributed by atoms with E-state index in [4.69, 9.17) is 0 Å². The molecule has 1 aliphatic heterocycles. The minimum absolute atomic E-state index is 0.0353. The molecule has 1 fully saturated rings. The number of hydrogen-bond donors (Lipinski definition) is 1. The van der Waals surface area contributed by atoms with Crippen LogP contribution in [-0.4, -0.2) is 47.9 Å². The van der Waals surface area contributed by atoms with Gasteiger partial charge in [0.15, 0.2) is 0 Å². The fourth-order valence-electron chi connectivity index (χ4n) is 2.88. The number of anilines is 2. The first-order valence-corrected chi connectivity index (χ1v) is 8.61. The standard InChI is InChI=1S/C19H21FN4O2/c20-15-5-1-2-6-16(15)22-18(25)8-9-19(26)24-13-11-23(12-14-24)17-7-3-4-10-21-17/h1-7,10H,8-9,11-14H2,(H,22,25). The zero-order valence-corrected chi connectivity index (χ0v) is 14.4. The van der Waals surface area contributed by atoms with Gasteiger partial charge in [-0.05, 0) is 24.3 Å². The molecule has 0 radical (unpaired) electrons. The topological polar surface area (TPSA) is 65.5 Å². The second-order valence-corrected chi connectivity index (χ2v) is 6.08. The van der Waals surface area contributed by atoms with Crippen LogP contribution < -0.4 is 10.2 Å². The summed E-state index contributed by atoms with van der Waals surface area (Å²) in [4.78, 5) is 32.4. The molecule has 26 heavy (non-hydrogen) atoms. The summed E-state index contributed by atoms with van der Waals surface area (Å²) in [6.07, 6.45) is 1.90. The fraction of sp³-hybridized carbons (Fsp3) is 0.316. The van der Waals surface area contributed by atoms with Crippen molar-refractivity contribution in [3.63, 3.8) is 0 Å². The Bertz CT molecular complexity index is 761. The Morgan fingerprint density at radius 1 is 1.00 bits per heavy atom. The van der Waals surface area contributed by atoms with Crippen LogP contribution in [-0.2, 0) is 9.59 Å². The molecule has 1 aliphatic rings. The van der Waals surface area contributed by atoms with Gasteiger partial charge < -0.3 is 15.1 Å². The number of hydrogen-bond acceptors (Lipinski definition) is 4. The summed E-state index contributed by atoms with van der Waals surface area (Å²) in [6.45, 7) is 2.63. The van der Waals surface area contributed by atoms with Gasteiger partial charge in [-0.25, -0.2) is 9.37 Å². The lowest BCUT2D eigenvalue weighted by Gasteiger charge is -2.35. The van der Waals surface area contributed by atoms with Gasteiger partial charge in [-0.1, -0.05) is 18.2 Å². The Kier molecular flexibility index (Phi) is 5.78. The number of piperazine rings is 1. The summed E-state index contributed by atoms with van der Waals surface area (Å²) in [5, 5.41) is 2.50. The summed E-state index contributed by atoms with van der Waals surface area (Å²) in [5.74, 6) is -0.00777. The first-order chi connectivity index (χ1) is 12.6. The van der Waals surface area contributed by atoms with Crippen molar-refractivity contribution in [3.8, 4) is 0 Å². The van der Waals surface area contributed by atoms with Gasteiger partial charge in [0.2, 0.25) is 11.8 Å². The highest BCUT2D eigenvalue weighted by molar-refractivity contribution is 5.93. The summed E-state index contributed by atoms with van der Waals surface area (Å²) in [6, 6.07) is 11.7. The van der Waals surface area contributed by atoms with Crippen LogP contribution in [0.3, 0.4) is 0 Å². The number of carbonyl (C=O) groups excluding carboxylic acids is 2. The zero-order chi connectivity index (χ0) is 18.4. The third-order valence-corrected chi connectivity index (χ3v) is 4.32. The number of rotatable bonds is 5. The van der Waals surface area contributed by atoms with Gasteiger partial charge >= 0.3 is 0 Å². The normalized spacial score (nSPS) is 14.2. The number of amides is 2. The molecule has 0 spiro atoms. The van der Waals surface area contributed by atoms with Crippen LogP contribution in [0.15, 0.2) is 48.7 Å². The van der Waals surface area contributed by atoms with Crippen molar-refractivity contribution in [2.75, 3.05) is 36.4 Å². The van der Waals surface area contributed by atoms with Crippen LogP contribution in [0.4, 0.5) is 15.9 Å². The van der Waals surface area contributed by atoms with E-state index in [9.17, 15) is 14.0 Å². The largest absolute Gasteiger partial charge is 0.353 e. The number of aromatic nitrogens is 1. The summed E-state index contributed by atoms with van der Waals surface area (Å²) in [7, 11) is 0. The number of carbonyl (C=O) groups is 2. The van der Waals surface area contributed by atoms with E-state index in [1.165, 1.54) is 12.1 Å². The summed E-state index contributed by atoms with van der Waals surface area (Å²) in [5.41, 5.74) is 0.133. The maximum Gasteiger partial charge on any atom is 0.224 e. The number of pyridine rings is 1. The zero-order valence-electron chi connectivity index (χ0n) is 14.4. The highest BCUT2D eigenvalue weighted by Crippen LogP contribution is 2.15. The molecule has 0 saturated carbocycles. The Hall–Kier alpha value is -2.96. The third-order valence-electron chi connectivity index (χ3n) is 4.32. The molecule has 0 atom stereocenters. The van der Waals surface area contributed by atoms with Crippen molar-refractivity contribution in [2.24, 2.45) is 0 Å². The number of nitrogens with zero attached hydrogens (tertiary/aromatic N) is 3. The molecule has 1 N–H and O–H groups in total. The molecule has 2 aromatic rings. The molecule has 2 amide bonds. The van der Waals surface area contributed by atoms with E-state index >= 15 is 0 Å². The van der Waals surface area contributed by atoms with Crippen molar-refractivity contribution < 1.29 is 14.0 Å². The van der Waals surface area contributed by atoms with E-state index in [0.29, 0.717) is 26.2 Å². The van der Waals surface area contributed by atoms with E-state index < -0.39 is 5.82 Å². The van der Waals surface area contributed by atoms with Gasteiger partial charge in [0.1, 0.15) is 11.6 Å². The third kappa shape index (κ3) is 4.56. The van der Waals surface area contributed by atoms with Gasteiger partial charge in [-0.2, -0.15) is 0 Å². The minimum Gasteiger partial charge on any atom is -0.353 e. The predicted octanol–water partition coefficient (Wildman–Crippen LogP) is 2.29. The lowest BCUT2D eigenvalue weighted by Crippen LogP contribution is -2.49. The van der Waals surface area contributed by atoms with Crippen molar-refractivity contribution in [1.29, 1.82) is 0 Å². The molecule has 1 saturated heterocycles. The summed E-state index contributed by atoms with van der Waals surface area (Å²) < 4.78 is 13.5. The van der Waals surface area contributed by atoms with Crippen molar-refractivity contribution in [2.45, 2.75) is 12.8 Å². The lowest BCUT2D eigenvalue weighted by molar-refractivity contribution is -0.133. The average molecular weight is 356 g/mol. The molecule has 3 rings (SSSR count). The van der Waals surface area contributed by atoms with Crippen LogP contribution in [0, 0.1) is 5.82 Å². The molecule has 2 heterocycles. The monoisotopic (exact) mass is 356 g/mol. The van der Waals surface area contributed by atoms with Crippen LogP contribution in [0.2, 0.25) is 0 Å². The van der Waals surface area contributed by atoms with Crippen molar-refractivity contribution in [3.05, 3.63) is 54.5 Å². The van der Waals surface area contributed by atoms with Crippen molar-refractivity contribution in [1.82, 2.24) is 9.88 Å². The van der Waals surface area contributed by atoms with E-state index in [1.54, 1.807) is 23.2 Å². The molecular weight excluding hydrogens is 335 g/mol. The number of nitrogens with one attached hydrogen (secondary N) is 1. The molecule has 1 aromatic heterocycles. The Morgan fingerprint density at radius 3 is 2.42 bits per heavy atom. The lowest BCUT2D eigenvalue weighted by atomic mass is 10.2. The number of benzene rings is 1. The smallest absolute Gasteiger partial charge is 0.224 e. The SMILES string of the molecule is O=C(CCC(=O)N1CCN(c2ccccn2)CC1)Nc1ccccc1F. The molecule has 6 nitrogen and oxygen atoms in total. The fourth-order valence-corrected chi connectivity index (χ4v) is 2.88. The Morgan fingerprint density at radius 2 is 1.73 bits per heavy atom. The maximum absolute atomic E-state index is 13.5. The Labute approximate surface area is 151 Å². The highest BCUT2D eigenvalue weighted by atomic mass is 19.1. The van der Waals surface area contributed by atoms with E-state index in [0.717, 1.165) is 5.82 Å². The molecule has 7 heteroatoms. The van der Waals surface area contributed by atoms with E-state index in [-0.39, 0.29) is 30.3 Å². The molecule has 0 unspecified atom stereocenters. The molecular formula is C19H21FN4O2. The van der Waals surface area contributed by atoms with Gasteiger partial charge in [-0.3, -0.25) is 9.59 Å². The first kappa shape index (κ1) is 17.8. The van der Waals surface area contributed by atoms with E-state index in [1.807, 2.05) is 18.2 Å². The van der Waals surface area contributed by atoms with Gasteiger partial charge in [0, 0.05) is 45.2 Å². The van der Waals surface area contributed by atoms with Crippen LogP contribution in [0.5, 0.6) is 0 Å². The van der Waals surface area contributed by atoms with Crippen LogP contribution in [0.1, 0.15) is 12.8 Å². The van der Waals surface area contributed by atoms with Gasteiger partial charge in [-0.15, -0.1) is 0 Å². The first-order valence-electron chi connectivity index (χ1n) is 8.61. The molecule has 0 aliphatic carbocycles. The van der Waals surface area contributed by atoms with Crippen LogP contribution in [0.25, 0.3) is 0 Å². The molecule has 136 valence electrons. The van der Waals surface area contributed by atoms with Gasteiger partial charge in [0.25, 0.3) is 0 Å². The van der Waals surface area contributed by atoms with Gasteiger partial charge in [0.05, 0.1) is 5.69 Å². The summed E-state index contributed by atoms with van der Waals surface area (Å²) >= 11 is 0. The second kappa shape index (κ2) is 8.42. The predicted molar refractivity (Wildman–Crippen MR) is 97.3 cm³/mol. The quantitative estimate of drug-likeness (QED) is 0.893. The Balaban J connectivity index is 1.43. The molecule has 0 bridgehead atoms. The van der Waals surface area contributed by atoms with E-state index in [2.05, 4.69) is 15.2 Å². The highest BCUT2D eigenvalue weighted by Gasteiger charge is 2.22. The molecule has 1 aromatic carbocycles. The van der Waals surface area contributed by atoms with Crippen molar-refractivity contribution >= 4 is 23.3 Å². The maximum atomic E-state index is 13.5. The van der Waals surface area contributed by atoms with Crippen LogP contribution >= 0.6 is 0 Å². The number of halogens is 1.